The minimum atomic E-state index is -2.72. The lowest BCUT2D eigenvalue weighted by Crippen LogP contribution is -2.65. The Hall–Kier alpha value is -3.44. The molecule has 0 heterocycles. The number of nitrogen functional groups attached to an aromatic ring is 1. The Labute approximate surface area is 181 Å². The molecule has 0 spiro atoms. The van der Waals surface area contributed by atoms with E-state index in [4.69, 9.17) is 11.5 Å². The smallest absolute Gasteiger partial charge is 0.255 e. The number of rotatable bonds is 2. The number of phenols is 1. The molecular formula is C21H22FN3O7. The lowest BCUT2D eigenvalue weighted by molar-refractivity contribution is -0.153. The molecule has 32 heavy (non-hydrogen) atoms. The van der Waals surface area contributed by atoms with Crippen molar-refractivity contribution in [2.75, 3.05) is 19.8 Å². The molecule has 170 valence electrons. The number of primary amides is 1. The summed E-state index contributed by atoms with van der Waals surface area (Å²) in [4.78, 5) is 39.7. The van der Waals surface area contributed by atoms with Crippen LogP contribution in [0.1, 0.15) is 17.5 Å². The Morgan fingerprint density at radius 3 is 2.44 bits per heavy atom. The van der Waals surface area contributed by atoms with Gasteiger partial charge in [0.25, 0.3) is 5.91 Å². The third-order valence-corrected chi connectivity index (χ3v) is 6.70. The molecule has 4 atom stereocenters. The van der Waals surface area contributed by atoms with Gasteiger partial charge in [0.05, 0.1) is 11.6 Å². The fourth-order valence-electron chi connectivity index (χ4n) is 5.28. The number of nitrogens with zero attached hydrogens (tertiary/aromatic N) is 1. The van der Waals surface area contributed by atoms with E-state index in [9.17, 15) is 39.2 Å². The summed E-state index contributed by atoms with van der Waals surface area (Å²) in [5.74, 6) is -8.79. The van der Waals surface area contributed by atoms with Crippen LogP contribution >= 0.6 is 0 Å². The monoisotopic (exact) mass is 447 g/mol. The molecule has 1 aromatic carbocycles. The second kappa shape index (κ2) is 6.78. The van der Waals surface area contributed by atoms with Gasteiger partial charge in [0.2, 0.25) is 5.78 Å². The molecule has 0 radical (unpaired) electrons. The zero-order valence-corrected chi connectivity index (χ0v) is 17.2. The van der Waals surface area contributed by atoms with Gasteiger partial charge in [-0.1, -0.05) is 0 Å². The molecule has 2 unspecified atom stereocenters. The number of hydrogen-bond acceptors (Lipinski definition) is 9. The number of halogens is 1. The van der Waals surface area contributed by atoms with E-state index in [1.54, 1.807) is 0 Å². The molecular weight excluding hydrogens is 425 g/mol. The van der Waals surface area contributed by atoms with E-state index in [2.05, 4.69) is 0 Å². The Balaban J connectivity index is 1.99. The fraction of sp³-hybridized carbons (Fsp3) is 0.381. The van der Waals surface area contributed by atoms with Gasteiger partial charge in [-0.05, 0) is 44.5 Å². The van der Waals surface area contributed by atoms with Crippen molar-refractivity contribution in [1.29, 1.82) is 0 Å². The largest absolute Gasteiger partial charge is 0.508 e. The van der Waals surface area contributed by atoms with E-state index in [-0.39, 0.29) is 29.5 Å². The van der Waals surface area contributed by atoms with Gasteiger partial charge in [-0.25, -0.2) is 4.39 Å². The minimum absolute atomic E-state index is 0.000696. The van der Waals surface area contributed by atoms with Crippen LogP contribution in [0.25, 0.3) is 5.76 Å². The van der Waals surface area contributed by atoms with E-state index >= 15 is 0 Å². The number of amides is 1. The number of aliphatic hydroxyl groups excluding tert-OH is 2. The van der Waals surface area contributed by atoms with Crippen LogP contribution in [0.15, 0.2) is 23.0 Å². The standard InChI is InChI=1S/C21H22FN3O7/c1-25(2)14-8-4-6-3-7-5-9(22)13(23)16(27)10(7)15(26)11(6)18(29)21(8,32)19(30)12(17(14)28)20(24)31/h5-6,8,14,26-27,30,32H,3-4,23H2,1-2H3,(H2,24,31)/t6?,8?,14-,21-/m0/s1. The van der Waals surface area contributed by atoms with Crippen LogP contribution in [0.3, 0.4) is 0 Å². The highest BCUT2D eigenvalue weighted by Crippen LogP contribution is 2.53. The number of likely N-dealkylation sites (N-methyl/N-ethyl adjacent to an activating group) is 1. The normalized spacial score (nSPS) is 29.7. The van der Waals surface area contributed by atoms with Gasteiger partial charge in [-0.2, -0.15) is 0 Å². The van der Waals surface area contributed by atoms with Gasteiger partial charge in [0, 0.05) is 11.5 Å². The molecule has 0 aromatic heterocycles. The summed E-state index contributed by atoms with van der Waals surface area (Å²) in [6, 6.07) is -0.135. The first-order chi connectivity index (χ1) is 14.8. The van der Waals surface area contributed by atoms with Crippen molar-refractivity contribution in [3.8, 4) is 5.75 Å². The summed E-state index contributed by atoms with van der Waals surface area (Å²) >= 11 is 0. The average Bonchev–Trinajstić information content (AvgIpc) is 2.68. The molecule has 0 bridgehead atoms. The molecule has 1 saturated carbocycles. The highest BCUT2D eigenvalue weighted by atomic mass is 19.1. The highest BCUT2D eigenvalue weighted by molar-refractivity contribution is 6.24. The number of aromatic hydroxyl groups is 1. The average molecular weight is 447 g/mol. The molecule has 3 aliphatic rings. The number of fused-ring (bicyclic) bond motifs is 3. The van der Waals surface area contributed by atoms with Gasteiger partial charge in [-0.3, -0.25) is 19.3 Å². The van der Waals surface area contributed by atoms with Crippen molar-refractivity contribution in [3.63, 3.8) is 0 Å². The quantitative estimate of drug-likeness (QED) is 0.201. The van der Waals surface area contributed by atoms with Crippen molar-refractivity contribution in [2.45, 2.75) is 24.5 Å². The summed E-state index contributed by atoms with van der Waals surface area (Å²) in [5, 5.41) is 43.2. The third-order valence-electron chi connectivity index (χ3n) is 6.70. The number of carbonyl (C=O) groups excluding carboxylic acids is 3. The van der Waals surface area contributed by atoms with Gasteiger partial charge >= 0.3 is 0 Å². The topological polar surface area (TPSA) is 187 Å². The van der Waals surface area contributed by atoms with Crippen LogP contribution in [-0.2, 0) is 20.8 Å². The predicted octanol–water partition coefficient (Wildman–Crippen LogP) is -0.315. The molecule has 1 amide bonds. The zero-order chi connectivity index (χ0) is 23.9. The SMILES string of the molecule is CN(C)[C@@H]1C(=O)C(C(N)=O)=C(O)[C@@]2(O)C(=O)C3=C(O)c4c(cc(F)c(N)c4O)CC3CC12. The predicted molar refractivity (Wildman–Crippen MR) is 109 cm³/mol. The van der Waals surface area contributed by atoms with E-state index in [0.717, 1.165) is 6.07 Å². The summed E-state index contributed by atoms with van der Waals surface area (Å²) in [6.07, 6.45) is -0.0716. The maximum absolute atomic E-state index is 14.1. The van der Waals surface area contributed by atoms with Crippen LogP contribution in [0.4, 0.5) is 10.1 Å². The van der Waals surface area contributed by atoms with Crippen molar-refractivity contribution < 1.29 is 39.2 Å². The molecule has 3 aliphatic carbocycles. The van der Waals surface area contributed by atoms with Crippen molar-refractivity contribution in [3.05, 3.63) is 39.9 Å². The van der Waals surface area contributed by atoms with Crippen LogP contribution in [0.5, 0.6) is 5.75 Å². The molecule has 1 fully saturated rings. The second-order valence-corrected chi connectivity index (χ2v) is 8.62. The Kier molecular flexibility index (Phi) is 4.61. The van der Waals surface area contributed by atoms with Crippen LogP contribution < -0.4 is 11.5 Å². The zero-order valence-electron chi connectivity index (χ0n) is 17.2. The lowest BCUT2D eigenvalue weighted by Gasteiger charge is -2.50. The van der Waals surface area contributed by atoms with Gasteiger partial charge in [0.15, 0.2) is 17.1 Å². The number of phenolic OH excluding ortho intramolecular Hbond substituents is 1. The number of anilines is 1. The first kappa shape index (κ1) is 21.8. The number of nitrogens with two attached hydrogens (primary N) is 2. The van der Waals surface area contributed by atoms with E-state index in [0.29, 0.717) is 0 Å². The number of hydrogen-bond donors (Lipinski definition) is 6. The summed E-state index contributed by atoms with van der Waals surface area (Å²) in [5.41, 5.74) is 6.15. The first-order valence-electron chi connectivity index (χ1n) is 9.78. The minimum Gasteiger partial charge on any atom is -0.508 e. The Morgan fingerprint density at radius 2 is 1.88 bits per heavy atom. The van der Waals surface area contributed by atoms with Crippen molar-refractivity contribution in [2.24, 2.45) is 17.6 Å². The van der Waals surface area contributed by atoms with Gasteiger partial charge in [0.1, 0.15) is 28.6 Å². The van der Waals surface area contributed by atoms with Crippen molar-refractivity contribution >= 4 is 28.9 Å². The molecule has 0 aliphatic heterocycles. The Morgan fingerprint density at radius 1 is 1.25 bits per heavy atom. The first-order valence-corrected chi connectivity index (χ1v) is 9.78. The highest BCUT2D eigenvalue weighted by Gasteiger charge is 2.64. The summed E-state index contributed by atoms with van der Waals surface area (Å²) in [7, 11) is 3.01. The molecule has 0 saturated heterocycles. The third kappa shape index (κ3) is 2.55. The van der Waals surface area contributed by atoms with Crippen LogP contribution in [0, 0.1) is 17.7 Å². The van der Waals surface area contributed by atoms with Crippen LogP contribution in [0.2, 0.25) is 0 Å². The number of ketones is 2. The fourth-order valence-corrected chi connectivity index (χ4v) is 5.28. The summed E-state index contributed by atoms with van der Waals surface area (Å²) in [6.45, 7) is 0. The number of Topliss-reactive ketones (excluding diaryl/α,β-unsaturated/α-hetero) is 2. The molecule has 10 nitrogen and oxygen atoms in total. The van der Waals surface area contributed by atoms with Gasteiger partial charge in [-0.15, -0.1) is 0 Å². The van der Waals surface area contributed by atoms with Crippen molar-refractivity contribution in [1.82, 2.24) is 4.90 Å². The van der Waals surface area contributed by atoms with Gasteiger partial charge < -0.3 is 31.9 Å². The van der Waals surface area contributed by atoms with E-state index in [1.807, 2.05) is 0 Å². The second-order valence-electron chi connectivity index (χ2n) is 8.62. The molecule has 8 N–H and O–H groups in total. The number of aliphatic hydroxyl groups is 3. The molecule has 1 aromatic rings. The Bertz CT molecular complexity index is 1170. The summed E-state index contributed by atoms with van der Waals surface area (Å²) < 4.78 is 14.1. The van der Waals surface area contributed by atoms with Crippen LogP contribution in [-0.4, -0.2) is 68.5 Å². The van der Waals surface area contributed by atoms with E-state index < -0.39 is 75.3 Å². The number of carbonyl (C=O) groups is 3. The lowest BCUT2D eigenvalue weighted by atomic mass is 9.57. The maximum Gasteiger partial charge on any atom is 0.255 e. The van der Waals surface area contributed by atoms with E-state index in [1.165, 1.54) is 19.0 Å². The molecule has 11 heteroatoms. The number of benzene rings is 1. The molecule has 4 rings (SSSR count). The maximum atomic E-state index is 14.1.